The monoisotopic (exact) mass is 422 g/mol. The molecule has 0 aliphatic heterocycles. The predicted octanol–water partition coefficient (Wildman–Crippen LogP) is 4.93. The van der Waals surface area contributed by atoms with Gasteiger partial charge in [-0.3, -0.25) is 4.98 Å². The van der Waals surface area contributed by atoms with Crippen LogP contribution >= 0.6 is 0 Å². The Morgan fingerprint density at radius 2 is 1.72 bits per heavy atom. The van der Waals surface area contributed by atoms with Crippen molar-refractivity contribution in [1.29, 1.82) is 0 Å². The van der Waals surface area contributed by atoms with Crippen LogP contribution in [0.25, 0.3) is 33.5 Å². The Bertz CT molecular complexity index is 1360. The second-order valence-corrected chi connectivity index (χ2v) is 7.55. The highest BCUT2D eigenvalue weighted by atomic mass is 16.5. The van der Waals surface area contributed by atoms with Crippen molar-refractivity contribution in [2.75, 3.05) is 0 Å². The van der Waals surface area contributed by atoms with Gasteiger partial charge in [-0.25, -0.2) is 4.98 Å². The molecule has 0 spiro atoms. The van der Waals surface area contributed by atoms with Gasteiger partial charge < -0.3 is 4.74 Å². The van der Waals surface area contributed by atoms with E-state index in [1.54, 1.807) is 0 Å². The van der Waals surface area contributed by atoms with E-state index in [9.17, 15) is 0 Å². The number of aromatic nitrogens is 6. The molecule has 1 N–H and O–H groups in total. The van der Waals surface area contributed by atoms with Gasteiger partial charge in [0.1, 0.15) is 17.9 Å². The second-order valence-electron chi connectivity index (χ2n) is 7.55. The van der Waals surface area contributed by atoms with E-state index in [-0.39, 0.29) is 0 Å². The van der Waals surface area contributed by atoms with Crippen LogP contribution in [0.1, 0.15) is 23.9 Å². The quantitative estimate of drug-likeness (QED) is 0.417. The normalized spacial score (nSPS) is 11.1. The number of aryl methyl sites for hydroxylation is 2. The summed E-state index contributed by atoms with van der Waals surface area (Å²) in [4.78, 5) is 9.31. The van der Waals surface area contributed by atoms with Crippen LogP contribution in [0.15, 0.2) is 66.7 Å². The summed E-state index contributed by atoms with van der Waals surface area (Å²) in [6, 6.07) is 22.3. The van der Waals surface area contributed by atoms with Crippen LogP contribution in [-0.4, -0.2) is 30.6 Å². The SMILES string of the molecule is CCc1cc(OCc2ccc(-c3ccccc3-c3nn[nH]n3)cc2)c2nc(C)ccc2n1. The summed E-state index contributed by atoms with van der Waals surface area (Å²) >= 11 is 0. The van der Waals surface area contributed by atoms with Gasteiger partial charge in [0.05, 0.1) is 5.52 Å². The molecule has 0 aliphatic carbocycles. The Kier molecular flexibility index (Phi) is 5.29. The van der Waals surface area contributed by atoms with Gasteiger partial charge in [0.15, 0.2) is 0 Å². The fourth-order valence-corrected chi connectivity index (χ4v) is 3.67. The van der Waals surface area contributed by atoms with Crippen LogP contribution in [0.5, 0.6) is 5.75 Å². The van der Waals surface area contributed by atoms with E-state index in [1.807, 2.05) is 43.3 Å². The molecule has 0 unspecified atom stereocenters. The Morgan fingerprint density at radius 1 is 0.906 bits per heavy atom. The topological polar surface area (TPSA) is 89.5 Å². The first-order valence-corrected chi connectivity index (χ1v) is 10.5. The molecule has 5 rings (SSSR count). The van der Waals surface area contributed by atoms with Crippen molar-refractivity contribution in [2.45, 2.75) is 26.9 Å². The summed E-state index contributed by atoms with van der Waals surface area (Å²) in [5.41, 5.74) is 7.72. The number of pyridine rings is 2. The molecule has 2 aromatic carbocycles. The Labute approximate surface area is 185 Å². The highest BCUT2D eigenvalue weighted by molar-refractivity contribution is 5.81. The first-order chi connectivity index (χ1) is 15.7. The van der Waals surface area contributed by atoms with Crippen molar-refractivity contribution in [2.24, 2.45) is 0 Å². The molecule has 32 heavy (non-hydrogen) atoms. The lowest BCUT2D eigenvalue weighted by molar-refractivity contribution is 0.309. The van der Waals surface area contributed by atoms with E-state index < -0.39 is 0 Å². The van der Waals surface area contributed by atoms with Crippen molar-refractivity contribution < 1.29 is 4.74 Å². The number of rotatable bonds is 6. The van der Waals surface area contributed by atoms with Crippen LogP contribution in [-0.2, 0) is 13.0 Å². The first-order valence-electron chi connectivity index (χ1n) is 10.5. The van der Waals surface area contributed by atoms with Gasteiger partial charge in [-0.2, -0.15) is 5.21 Å². The predicted molar refractivity (Wildman–Crippen MR) is 123 cm³/mol. The Morgan fingerprint density at radius 3 is 2.47 bits per heavy atom. The van der Waals surface area contributed by atoms with Gasteiger partial charge in [0.2, 0.25) is 5.82 Å². The standard InChI is InChI=1S/C25H22N6O/c1-3-19-14-23(24-22(27-19)13-8-16(2)26-24)32-15-17-9-11-18(12-10-17)20-6-4-5-7-21(20)25-28-30-31-29-25/h4-14H,3,15H2,1-2H3,(H,28,29,30,31). The molecule has 0 bridgehead atoms. The number of nitrogens with zero attached hydrogens (tertiary/aromatic N) is 5. The average Bonchev–Trinajstić information content (AvgIpc) is 3.38. The summed E-state index contributed by atoms with van der Waals surface area (Å²) in [6.45, 7) is 4.51. The number of tetrazole rings is 1. The molecule has 158 valence electrons. The summed E-state index contributed by atoms with van der Waals surface area (Å²) in [6.07, 6.45) is 0.842. The maximum absolute atomic E-state index is 6.20. The molecule has 0 radical (unpaired) electrons. The van der Waals surface area contributed by atoms with Crippen molar-refractivity contribution in [3.05, 3.63) is 83.7 Å². The van der Waals surface area contributed by atoms with Crippen molar-refractivity contribution >= 4 is 11.0 Å². The maximum atomic E-state index is 6.20. The lowest BCUT2D eigenvalue weighted by Crippen LogP contribution is -2.00. The van der Waals surface area contributed by atoms with Crippen molar-refractivity contribution in [3.8, 4) is 28.3 Å². The Balaban J connectivity index is 1.40. The van der Waals surface area contributed by atoms with Crippen molar-refractivity contribution in [1.82, 2.24) is 30.6 Å². The minimum atomic E-state index is 0.449. The third kappa shape index (κ3) is 3.92. The number of nitrogens with one attached hydrogen (secondary N) is 1. The fourth-order valence-electron chi connectivity index (χ4n) is 3.67. The second kappa shape index (κ2) is 8.55. The molecule has 0 saturated heterocycles. The molecule has 0 amide bonds. The molecule has 0 saturated carbocycles. The summed E-state index contributed by atoms with van der Waals surface area (Å²) in [5.74, 6) is 1.34. The number of hydrogen-bond acceptors (Lipinski definition) is 6. The molecule has 0 atom stereocenters. The number of benzene rings is 2. The number of aromatic amines is 1. The van der Waals surface area contributed by atoms with Gasteiger partial charge in [0, 0.05) is 23.0 Å². The summed E-state index contributed by atoms with van der Waals surface area (Å²) in [7, 11) is 0. The number of ether oxygens (including phenoxy) is 1. The summed E-state index contributed by atoms with van der Waals surface area (Å²) < 4.78 is 6.20. The van der Waals surface area contributed by atoms with E-state index in [4.69, 9.17) is 4.74 Å². The molecule has 3 aromatic heterocycles. The van der Waals surface area contributed by atoms with Crippen LogP contribution < -0.4 is 4.74 Å². The zero-order chi connectivity index (χ0) is 21.9. The van der Waals surface area contributed by atoms with Gasteiger partial charge in [-0.1, -0.05) is 55.5 Å². The first kappa shape index (κ1) is 19.8. The minimum absolute atomic E-state index is 0.449. The lowest BCUT2D eigenvalue weighted by atomic mass is 9.98. The highest BCUT2D eigenvalue weighted by Gasteiger charge is 2.11. The van der Waals surface area contributed by atoms with E-state index in [0.717, 1.165) is 56.8 Å². The molecule has 0 aliphatic rings. The zero-order valence-electron chi connectivity index (χ0n) is 17.9. The van der Waals surface area contributed by atoms with Gasteiger partial charge in [-0.05, 0) is 47.4 Å². The summed E-state index contributed by atoms with van der Waals surface area (Å²) in [5, 5.41) is 14.4. The van der Waals surface area contributed by atoms with E-state index in [1.165, 1.54) is 0 Å². The molecular formula is C25H22N6O. The molecule has 7 nitrogen and oxygen atoms in total. The van der Waals surface area contributed by atoms with Gasteiger partial charge in [0.25, 0.3) is 0 Å². The smallest absolute Gasteiger partial charge is 0.205 e. The van der Waals surface area contributed by atoms with E-state index in [0.29, 0.717) is 12.4 Å². The zero-order valence-corrected chi connectivity index (χ0v) is 17.9. The van der Waals surface area contributed by atoms with Crippen LogP contribution in [0, 0.1) is 6.92 Å². The number of fused-ring (bicyclic) bond motifs is 1. The lowest BCUT2D eigenvalue weighted by Gasteiger charge is -2.12. The van der Waals surface area contributed by atoms with E-state index >= 15 is 0 Å². The molecule has 0 fully saturated rings. The molecule has 3 heterocycles. The third-order valence-corrected chi connectivity index (χ3v) is 5.34. The minimum Gasteiger partial charge on any atom is -0.486 e. The highest BCUT2D eigenvalue weighted by Crippen LogP contribution is 2.30. The third-order valence-electron chi connectivity index (χ3n) is 5.34. The van der Waals surface area contributed by atoms with Crippen LogP contribution in [0.2, 0.25) is 0 Å². The number of hydrogen-bond donors (Lipinski definition) is 1. The number of H-pyrrole nitrogens is 1. The van der Waals surface area contributed by atoms with Gasteiger partial charge >= 0.3 is 0 Å². The van der Waals surface area contributed by atoms with Crippen LogP contribution in [0.3, 0.4) is 0 Å². The molecule has 7 heteroatoms. The van der Waals surface area contributed by atoms with Gasteiger partial charge in [-0.15, -0.1) is 10.2 Å². The van der Waals surface area contributed by atoms with Crippen molar-refractivity contribution in [3.63, 3.8) is 0 Å². The largest absolute Gasteiger partial charge is 0.486 e. The fraction of sp³-hybridized carbons (Fsp3) is 0.160. The maximum Gasteiger partial charge on any atom is 0.205 e. The average molecular weight is 422 g/mol. The molecular weight excluding hydrogens is 400 g/mol. The Hall–Kier alpha value is -4.13. The van der Waals surface area contributed by atoms with Crippen LogP contribution in [0.4, 0.5) is 0 Å². The van der Waals surface area contributed by atoms with E-state index in [2.05, 4.69) is 67.8 Å². The molecule has 5 aromatic rings.